The second-order valence-corrected chi connectivity index (χ2v) is 6.95. The van der Waals surface area contributed by atoms with Crippen LogP contribution in [0.3, 0.4) is 0 Å². The molecule has 2 N–H and O–H groups in total. The molecular weight excluding hydrogens is 371 g/mol. The number of hydrogen-bond acceptors (Lipinski definition) is 3. The van der Waals surface area contributed by atoms with Crippen LogP contribution in [-0.4, -0.2) is 30.4 Å². The molecule has 0 aliphatic carbocycles. The van der Waals surface area contributed by atoms with Gasteiger partial charge in [-0.25, -0.2) is 0 Å². The summed E-state index contributed by atoms with van der Waals surface area (Å²) in [6, 6.07) is 17.4. The van der Waals surface area contributed by atoms with Gasteiger partial charge in [0.15, 0.2) is 5.76 Å². The largest absolute Gasteiger partial charge is 0.451 e. The first-order chi connectivity index (χ1) is 12.2. The minimum atomic E-state index is -0.0933. The van der Waals surface area contributed by atoms with Crippen molar-refractivity contribution in [3.63, 3.8) is 0 Å². The maximum atomic E-state index is 12.9. The first kappa shape index (κ1) is 18.8. The van der Waals surface area contributed by atoms with E-state index in [4.69, 9.17) is 21.8 Å². The minimum Gasteiger partial charge on any atom is -0.451 e. The average molecular weight is 391 g/mol. The third-order valence-electron chi connectivity index (χ3n) is 4.95. The predicted molar refractivity (Wildman–Crippen MR) is 106 cm³/mol. The number of likely N-dealkylation sites (tertiary alicyclic amines) is 1. The molecule has 4 nitrogen and oxygen atoms in total. The predicted octanol–water partition coefficient (Wildman–Crippen LogP) is 4.32. The number of fused-ring (bicyclic) bond motifs is 1. The molecule has 6 heteroatoms. The van der Waals surface area contributed by atoms with Crippen molar-refractivity contribution in [1.29, 1.82) is 0 Å². The standard InChI is InChI=1S/C20H19ClN2O2.ClH/c21-16-6-7-18-14(8-16)9-19(25-18)20(24)23-11-15(10-22)17(12-23)13-4-2-1-3-5-13;/h1-9,15,17H,10-12,22H2;1H/t15-,17+;/m1./s1. The molecule has 0 radical (unpaired) electrons. The molecule has 26 heavy (non-hydrogen) atoms. The third kappa shape index (κ3) is 3.45. The van der Waals surface area contributed by atoms with Gasteiger partial charge in [-0.1, -0.05) is 41.9 Å². The smallest absolute Gasteiger partial charge is 0.289 e. The Hall–Kier alpha value is -2.01. The lowest BCUT2D eigenvalue weighted by atomic mass is 9.89. The highest BCUT2D eigenvalue weighted by atomic mass is 35.5. The van der Waals surface area contributed by atoms with Gasteiger partial charge in [0.2, 0.25) is 0 Å². The lowest BCUT2D eigenvalue weighted by Gasteiger charge is -2.16. The van der Waals surface area contributed by atoms with Gasteiger partial charge < -0.3 is 15.1 Å². The molecule has 0 saturated carbocycles. The van der Waals surface area contributed by atoms with E-state index < -0.39 is 0 Å². The van der Waals surface area contributed by atoms with Crippen molar-refractivity contribution in [1.82, 2.24) is 4.90 Å². The van der Waals surface area contributed by atoms with Crippen molar-refractivity contribution in [3.05, 3.63) is 70.9 Å². The van der Waals surface area contributed by atoms with Crippen LogP contribution in [0.2, 0.25) is 5.02 Å². The Kier molecular flexibility index (Phi) is 5.56. The first-order valence-electron chi connectivity index (χ1n) is 8.39. The average Bonchev–Trinajstić information content (AvgIpc) is 3.25. The zero-order valence-corrected chi connectivity index (χ0v) is 15.7. The Morgan fingerprint density at radius 3 is 2.65 bits per heavy atom. The molecule has 0 unspecified atom stereocenters. The molecule has 0 spiro atoms. The van der Waals surface area contributed by atoms with E-state index in [2.05, 4.69) is 12.1 Å². The monoisotopic (exact) mass is 390 g/mol. The molecule has 1 aliphatic rings. The van der Waals surface area contributed by atoms with Crippen molar-refractivity contribution in [2.45, 2.75) is 5.92 Å². The van der Waals surface area contributed by atoms with Crippen LogP contribution in [0.5, 0.6) is 0 Å². The van der Waals surface area contributed by atoms with Crippen molar-refractivity contribution < 1.29 is 9.21 Å². The van der Waals surface area contributed by atoms with E-state index in [1.807, 2.05) is 23.1 Å². The minimum absolute atomic E-state index is 0. The number of furan rings is 1. The molecule has 3 aromatic rings. The van der Waals surface area contributed by atoms with E-state index >= 15 is 0 Å². The van der Waals surface area contributed by atoms with Crippen LogP contribution in [0.4, 0.5) is 0 Å². The number of carbonyl (C=O) groups is 1. The summed E-state index contributed by atoms with van der Waals surface area (Å²) in [7, 11) is 0. The molecule has 2 heterocycles. The Morgan fingerprint density at radius 2 is 1.92 bits per heavy atom. The molecule has 1 fully saturated rings. The topological polar surface area (TPSA) is 59.5 Å². The molecule has 136 valence electrons. The van der Waals surface area contributed by atoms with Crippen LogP contribution < -0.4 is 5.73 Å². The highest BCUT2D eigenvalue weighted by molar-refractivity contribution is 6.31. The maximum absolute atomic E-state index is 12.9. The second kappa shape index (κ2) is 7.70. The van der Waals surface area contributed by atoms with E-state index in [0.29, 0.717) is 36.0 Å². The van der Waals surface area contributed by atoms with Crippen molar-refractivity contribution in [2.24, 2.45) is 11.7 Å². The van der Waals surface area contributed by atoms with Gasteiger partial charge in [0.1, 0.15) is 5.58 Å². The molecule has 2 atom stereocenters. The van der Waals surface area contributed by atoms with Crippen molar-refractivity contribution in [3.8, 4) is 0 Å². The summed E-state index contributed by atoms with van der Waals surface area (Å²) in [6.07, 6.45) is 0. The molecule has 1 aromatic heterocycles. The van der Waals surface area contributed by atoms with E-state index in [9.17, 15) is 4.79 Å². The summed E-state index contributed by atoms with van der Waals surface area (Å²) in [4.78, 5) is 14.7. The number of benzene rings is 2. The summed E-state index contributed by atoms with van der Waals surface area (Å²) in [5.74, 6) is 0.769. The number of nitrogens with zero attached hydrogens (tertiary/aromatic N) is 1. The fourth-order valence-electron chi connectivity index (χ4n) is 3.63. The Bertz CT molecular complexity index is 911. The van der Waals surface area contributed by atoms with Gasteiger partial charge >= 0.3 is 0 Å². The SMILES string of the molecule is Cl.NC[C@@H]1CN(C(=O)c2cc3cc(Cl)ccc3o2)C[C@H]1c1ccccc1. The van der Waals surface area contributed by atoms with E-state index in [0.717, 1.165) is 5.39 Å². The molecule has 1 aliphatic heterocycles. The molecular formula is C20H20Cl2N2O2. The normalized spacial score (nSPS) is 19.5. The zero-order valence-electron chi connectivity index (χ0n) is 14.1. The summed E-state index contributed by atoms with van der Waals surface area (Å²) in [5.41, 5.74) is 7.86. The van der Waals surface area contributed by atoms with Gasteiger partial charge in [0, 0.05) is 29.4 Å². The summed E-state index contributed by atoms with van der Waals surface area (Å²) in [6.45, 7) is 1.86. The van der Waals surface area contributed by atoms with Gasteiger partial charge in [0.25, 0.3) is 5.91 Å². The van der Waals surface area contributed by atoms with Gasteiger partial charge in [-0.3, -0.25) is 4.79 Å². The quantitative estimate of drug-likeness (QED) is 0.723. The number of halogens is 2. The van der Waals surface area contributed by atoms with Crippen LogP contribution in [0.1, 0.15) is 22.0 Å². The van der Waals surface area contributed by atoms with Crippen LogP contribution in [0.25, 0.3) is 11.0 Å². The lowest BCUT2D eigenvalue weighted by Crippen LogP contribution is -2.29. The van der Waals surface area contributed by atoms with Gasteiger partial charge in [-0.15, -0.1) is 12.4 Å². The fourth-order valence-corrected chi connectivity index (χ4v) is 3.81. The van der Waals surface area contributed by atoms with Gasteiger partial charge in [-0.05, 0) is 42.3 Å². The molecule has 1 saturated heterocycles. The number of rotatable bonds is 3. The third-order valence-corrected chi connectivity index (χ3v) is 5.18. The highest BCUT2D eigenvalue weighted by Crippen LogP contribution is 2.33. The van der Waals surface area contributed by atoms with Gasteiger partial charge in [-0.2, -0.15) is 0 Å². The van der Waals surface area contributed by atoms with Crippen molar-refractivity contribution in [2.75, 3.05) is 19.6 Å². The van der Waals surface area contributed by atoms with Crippen LogP contribution in [0, 0.1) is 5.92 Å². The number of hydrogen-bond donors (Lipinski definition) is 1. The Labute approximate surface area is 163 Å². The number of nitrogens with two attached hydrogens (primary N) is 1. The molecule has 4 rings (SSSR count). The highest BCUT2D eigenvalue weighted by Gasteiger charge is 2.36. The summed E-state index contributed by atoms with van der Waals surface area (Å²) >= 11 is 6.01. The summed E-state index contributed by atoms with van der Waals surface area (Å²) < 4.78 is 5.73. The fraction of sp³-hybridized carbons (Fsp3) is 0.250. The van der Waals surface area contributed by atoms with Crippen LogP contribution in [0.15, 0.2) is 59.0 Å². The molecule has 1 amide bonds. The molecule has 2 aromatic carbocycles. The second-order valence-electron chi connectivity index (χ2n) is 6.52. The Balaban J connectivity index is 0.00000196. The van der Waals surface area contributed by atoms with Crippen LogP contribution >= 0.6 is 24.0 Å². The summed E-state index contributed by atoms with van der Waals surface area (Å²) in [5, 5.41) is 1.46. The van der Waals surface area contributed by atoms with Crippen molar-refractivity contribution >= 4 is 40.9 Å². The number of amides is 1. The number of carbonyl (C=O) groups excluding carboxylic acids is 1. The maximum Gasteiger partial charge on any atom is 0.289 e. The van der Waals surface area contributed by atoms with E-state index in [1.165, 1.54) is 5.56 Å². The lowest BCUT2D eigenvalue weighted by molar-refractivity contribution is 0.0757. The van der Waals surface area contributed by atoms with Crippen LogP contribution in [-0.2, 0) is 0 Å². The zero-order chi connectivity index (χ0) is 17.4. The van der Waals surface area contributed by atoms with E-state index in [1.54, 1.807) is 24.3 Å². The van der Waals surface area contributed by atoms with E-state index in [-0.39, 0.29) is 30.2 Å². The molecule has 0 bridgehead atoms. The first-order valence-corrected chi connectivity index (χ1v) is 8.77. The van der Waals surface area contributed by atoms with Gasteiger partial charge in [0.05, 0.1) is 0 Å². The Morgan fingerprint density at radius 1 is 1.15 bits per heavy atom.